The van der Waals surface area contributed by atoms with Crippen LogP contribution in [0.1, 0.15) is 19.4 Å². The van der Waals surface area contributed by atoms with Gasteiger partial charge in [-0.05, 0) is 24.8 Å². The van der Waals surface area contributed by atoms with Crippen LogP contribution in [0.25, 0.3) is 0 Å². The molecule has 74 valence electrons. The van der Waals surface area contributed by atoms with Crippen LogP contribution in [0, 0.1) is 5.92 Å². The molecule has 0 unspecified atom stereocenters. The van der Waals surface area contributed by atoms with E-state index < -0.39 is 0 Å². The number of nitrogens with zero attached hydrogens (tertiary/aromatic N) is 3. The van der Waals surface area contributed by atoms with Crippen molar-refractivity contribution in [3.05, 3.63) is 23.9 Å². The largest absolute Gasteiger partial charge is 0.292 e. The molecule has 0 aromatic carbocycles. The van der Waals surface area contributed by atoms with Crippen LogP contribution in [0.15, 0.2) is 28.3 Å². The molecule has 0 aliphatic rings. The second-order valence-corrected chi connectivity index (χ2v) is 3.46. The first-order valence-corrected chi connectivity index (χ1v) is 4.65. The summed E-state index contributed by atoms with van der Waals surface area (Å²) in [4.78, 5) is 12.2. The summed E-state index contributed by atoms with van der Waals surface area (Å²) in [7, 11) is 0. The normalized spacial score (nSPS) is 11.1. The lowest BCUT2D eigenvalue weighted by atomic mass is 10.2. The maximum absolute atomic E-state index is 4.30. The maximum atomic E-state index is 4.30. The van der Waals surface area contributed by atoms with Gasteiger partial charge < -0.3 is 0 Å². The monoisotopic (exact) mass is 189 g/mol. The quantitative estimate of drug-likeness (QED) is 0.670. The van der Waals surface area contributed by atoms with E-state index in [-0.39, 0.29) is 0 Å². The summed E-state index contributed by atoms with van der Waals surface area (Å²) >= 11 is 0. The molecule has 14 heavy (non-hydrogen) atoms. The molecule has 0 aliphatic carbocycles. The van der Waals surface area contributed by atoms with E-state index in [2.05, 4.69) is 35.5 Å². The number of rotatable bonds is 4. The minimum atomic E-state index is 0.572. The Bertz CT molecular complexity index is 329. The highest BCUT2D eigenvalue weighted by atomic mass is 14.9. The third-order valence-electron chi connectivity index (χ3n) is 1.67. The van der Waals surface area contributed by atoms with E-state index in [0.717, 1.165) is 12.1 Å². The Balaban J connectivity index is 2.75. The van der Waals surface area contributed by atoms with E-state index in [1.165, 1.54) is 0 Å². The zero-order valence-electron chi connectivity index (χ0n) is 8.64. The number of aliphatic imine (C=N–C) groups is 2. The van der Waals surface area contributed by atoms with Crippen molar-refractivity contribution < 1.29 is 0 Å². The summed E-state index contributed by atoms with van der Waals surface area (Å²) in [6, 6.07) is 3.80. The van der Waals surface area contributed by atoms with Gasteiger partial charge in [-0.2, -0.15) is 0 Å². The van der Waals surface area contributed by atoms with Crippen molar-refractivity contribution in [3.63, 3.8) is 0 Å². The lowest BCUT2D eigenvalue weighted by molar-refractivity contribution is 0.667. The minimum absolute atomic E-state index is 0.572. The Hall–Kier alpha value is -1.51. The van der Waals surface area contributed by atoms with Crippen LogP contribution in [0.3, 0.4) is 0 Å². The first kappa shape index (κ1) is 10.6. The SMILES string of the molecule is C=Nc1ncccc1C=NCC(C)C. The van der Waals surface area contributed by atoms with Crippen molar-refractivity contribution in [2.24, 2.45) is 15.9 Å². The summed E-state index contributed by atoms with van der Waals surface area (Å²) in [6.07, 6.45) is 3.50. The molecule has 0 aliphatic heterocycles. The van der Waals surface area contributed by atoms with Gasteiger partial charge >= 0.3 is 0 Å². The second-order valence-electron chi connectivity index (χ2n) is 3.46. The molecule has 0 spiro atoms. The van der Waals surface area contributed by atoms with Crippen LogP contribution in [0.5, 0.6) is 0 Å². The summed E-state index contributed by atoms with van der Waals surface area (Å²) in [5, 5.41) is 0. The van der Waals surface area contributed by atoms with Crippen molar-refractivity contribution in [2.75, 3.05) is 6.54 Å². The van der Waals surface area contributed by atoms with E-state index >= 15 is 0 Å². The van der Waals surface area contributed by atoms with Crippen LogP contribution in [0.2, 0.25) is 0 Å². The van der Waals surface area contributed by atoms with E-state index in [1.54, 1.807) is 12.4 Å². The topological polar surface area (TPSA) is 37.6 Å². The number of hydrogen-bond donors (Lipinski definition) is 0. The molecule has 3 nitrogen and oxygen atoms in total. The predicted octanol–water partition coefficient (Wildman–Crippen LogP) is 2.49. The third-order valence-corrected chi connectivity index (χ3v) is 1.67. The highest BCUT2D eigenvalue weighted by Crippen LogP contribution is 2.11. The lowest BCUT2D eigenvalue weighted by Crippen LogP contribution is -1.93. The van der Waals surface area contributed by atoms with Crippen molar-refractivity contribution in [3.8, 4) is 0 Å². The van der Waals surface area contributed by atoms with E-state index in [9.17, 15) is 0 Å². The van der Waals surface area contributed by atoms with E-state index in [0.29, 0.717) is 11.7 Å². The summed E-state index contributed by atoms with van der Waals surface area (Å²) in [5.74, 6) is 1.21. The summed E-state index contributed by atoms with van der Waals surface area (Å²) < 4.78 is 0. The first-order valence-electron chi connectivity index (χ1n) is 4.65. The van der Waals surface area contributed by atoms with Crippen LogP contribution in [-0.2, 0) is 0 Å². The molecule has 1 aromatic heterocycles. The summed E-state index contributed by atoms with van der Waals surface area (Å²) in [6.45, 7) is 8.55. The average Bonchev–Trinajstić information content (AvgIpc) is 2.18. The molecular weight excluding hydrogens is 174 g/mol. The molecule has 0 bridgehead atoms. The highest BCUT2D eigenvalue weighted by Gasteiger charge is 1.96. The fraction of sp³-hybridized carbons (Fsp3) is 0.364. The number of aromatic nitrogens is 1. The standard InChI is InChI=1S/C11H15N3/c1-9(2)7-13-8-10-5-4-6-14-11(10)12-3/h4-6,8-9H,3,7H2,1-2H3. The molecule has 0 N–H and O–H groups in total. The van der Waals surface area contributed by atoms with Gasteiger partial charge in [0.15, 0.2) is 5.82 Å². The lowest BCUT2D eigenvalue weighted by Gasteiger charge is -1.99. The molecule has 0 saturated carbocycles. The first-order chi connectivity index (χ1) is 6.74. The van der Waals surface area contributed by atoms with Gasteiger partial charge in [-0.1, -0.05) is 13.8 Å². The van der Waals surface area contributed by atoms with Crippen LogP contribution < -0.4 is 0 Å². The molecule has 0 atom stereocenters. The molecular formula is C11H15N3. The zero-order valence-corrected chi connectivity index (χ0v) is 8.64. The van der Waals surface area contributed by atoms with Gasteiger partial charge in [0.25, 0.3) is 0 Å². The van der Waals surface area contributed by atoms with Crippen molar-refractivity contribution >= 4 is 18.7 Å². The van der Waals surface area contributed by atoms with Gasteiger partial charge in [-0.3, -0.25) is 4.99 Å². The van der Waals surface area contributed by atoms with Crippen LogP contribution in [0.4, 0.5) is 5.82 Å². The smallest absolute Gasteiger partial charge is 0.160 e. The fourth-order valence-corrected chi connectivity index (χ4v) is 1.00. The Labute approximate surface area is 84.6 Å². The van der Waals surface area contributed by atoms with Crippen molar-refractivity contribution in [1.29, 1.82) is 0 Å². The highest BCUT2D eigenvalue weighted by molar-refractivity contribution is 5.85. The number of pyridine rings is 1. The fourth-order valence-electron chi connectivity index (χ4n) is 1.00. The zero-order chi connectivity index (χ0) is 10.4. The Morgan fingerprint density at radius 1 is 1.57 bits per heavy atom. The molecule has 0 radical (unpaired) electrons. The van der Waals surface area contributed by atoms with Crippen molar-refractivity contribution in [2.45, 2.75) is 13.8 Å². The molecule has 0 fully saturated rings. The molecule has 1 heterocycles. The Morgan fingerprint density at radius 2 is 2.36 bits per heavy atom. The van der Waals surface area contributed by atoms with Crippen molar-refractivity contribution in [1.82, 2.24) is 4.98 Å². The van der Waals surface area contributed by atoms with Gasteiger partial charge in [-0.15, -0.1) is 0 Å². The average molecular weight is 189 g/mol. The predicted molar refractivity (Wildman–Crippen MR) is 60.7 cm³/mol. The summed E-state index contributed by atoms with van der Waals surface area (Å²) in [5.41, 5.74) is 0.920. The minimum Gasteiger partial charge on any atom is -0.292 e. The van der Waals surface area contributed by atoms with Gasteiger partial charge in [-0.25, -0.2) is 9.98 Å². The van der Waals surface area contributed by atoms with Gasteiger partial charge in [0.05, 0.1) is 0 Å². The van der Waals surface area contributed by atoms with E-state index in [1.807, 2.05) is 12.1 Å². The molecule has 0 saturated heterocycles. The number of hydrogen-bond acceptors (Lipinski definition) is 3. The van der Waals surface area contributed by atoms with Crippen LogP contribution >= 0.6 is 0 Å². The van der Waals surface area contributed by atoms with E-state index in [4.69, 9.17) is 0 Å². The third kappa shape index (κ3) is 3.09. The molecule has 1 aromatic rings. The Morgan fingerprint density at radius 3 is 3.00 bits per heavy atom. The Kier molecular flexibility index (Phi) is 3.98. The van der Waals surface area contributed by atoms with Gasteiger partial charge in [0.1, 0.15) is 0 Å². The molecule has 0 amide bonds. The second kappa shape index (κ2) is 5.27. The molecule has 1 rings (SSSR count). The molecule has 3 heteroatoms. The van der Waals surface area contributed by atoms with Crippen LogP contribution in [-0.4, -0.2) is 24.5 Å². The van der Waals surface area contributed by atoms with Gasteiger partial charge in [0.2, 0.25) is 0 Å². The maximum Gasteiger partial charge on any atom is 0.160 e. The van der Waals surface area contributed by atoms with Gasteiger partial charge in [0, 0.05) is 24.5 Å².